The Morgan fingerprint density at radius 2 is 1.10 bits per heavy atom. The van der Waals surface area contributed by atoms with Crippen molar-refractivity contribution in [2.45, 2.75) is 38.3 Å². The summed E-state index contributed by atoms with van der Waals surface area (Å²) in [6, 6.07) is 23.2. The zero-order valence-corrected chi connectivity index (χ0v) is 23.5. The molecule has 1 atom stereocenters. The molecule has 0 nitrogen and oxygen atoms in total. The average molecular weight is 522 g/mol. The zero-order valence-electron chi connectivity index (χ0n) is 18.6. The van der Waals surface area contributed by atoms with Crippen LogP contribution in [0.3, 0.4) is 0 Å². The van der Waals surface area contributed by atoms with Gasteiger partial charge in [0.05, 0.1) is 0 Å². The Bertz CT molecular complexity index is 1010. The van der Waals surface area contributed by atoms with E-state index in [1.165, 1.54) is 43.8 Å². The van der Waals surface area contributed by atoms with Gasteiger partial charge in [0, 0.05) is 0 Å². The molecule has 0 aliphatic heterocycles. The SMILES string of the molecule is Cc1cc(C)cc([SiH](C2=Cc3ccccc3[C]2(C)[Ti+3])c2cc(C)cc(C)c2)c1.[Cl-].[Cl-].[Cl-]. The fourth-order valence-corrected chi connectivity index (χ4v) is 9.87. The number of aryl methyl sites for hydroxylation is 4. The molecule has 0 fully saturated rings. The van der Waals surface area contributed by atoms with Crippen LogP contribution < -0.4 is 47.6 Å². The number of halogens is 3. The molecule has 0 aromatic heterocycles. The quantitative estimate of drug-likeness (QED) is 0.306. The fraction of sp³-hybridized carbons (Fsp3) is 0.231. The Morgan fingerprint density at radius 3 is 1.52 bits per heavy atom. The maximum atomic E-state index is 2.50. The minimum atomic E-state index is -1.57. The minimum absolute atomic E-state index is 0. The fourth-order valence-electron chi connectivity index (χ4n) is 4.82. The van der Waals surface area contributed by atoms with Crippen LogP contribution in [0, 0.1) is 27.7 Å². The van der Waals surface area contributed by atoms with E-state index in [4.69, 9.17) is 0 Å². The predicted octanol–water partition coefficient (Wildman–Crippen LogP) is -4.33. The summed E-state index contributed by atoms with van der Waals surface area (Å²) in [6.07, 6.45) is 2.50. The number of benzene rings is 3. The maximum Gasteiger partial charge on any atom is -1.00 e. The molecule has 0 saturated heterocycles. The molecule has 0 heterocycles. The Balaban J connectivity index is 0.00000160. The van der Waals surface area contributed by atoms with Crippen molar-refractivity contribution >= 4 is 25.2 Å². The Hall–Kier alpha value is -0.799. The summed E-state index contributed by atoms with van der Waals surface area (Å²) in [6.45, 7) is 11.3. The van der Waals surface area contributed by atoms with Gasteiger partial charge in [-0.25, -0.2) is 0 Å². The van der Waals surface area contributed by atoms with Gasteiger partial charge in [-0.2, -0.15) is 0 Å². The molecule has 5 heteroatoms. The molecule has 0 saturated carbocycles. The third kappa shape index (κ3) is 5.58. The molecule has 0 bridgehead atoms. The zero-order chi connectivity index (χ0) is 20.1. The predicted molar refractivity (Wildman–Crippen MR) is 120 cm³/mol. The van der Waals surface area contributed by atoms with Gasteiger partial charge in [0.15, 0.2) is 0 Å². The molecule has 0 N–H and O–H groups in total. The van der Waals surface area contributed by atoms with Crippen molar-refractivity contribution in [3.05, 3.63) is 99.2 Å². The van der Waals surface area contributed by atoms with E-state index in [1.807, 2.05) is 0 Å². The van der Waals surface area contributed by atoms with Crippen molar-refractivity contribution in [2.24, 2.45) is 0 Å². The van der Waals surface area contributed by atoms with Crippen LogP contribution in [0.15, 0.2) is 65.9 Å². The van der Waals surface area contributed by atoms with Gasteiger partial charge in [0.2, 0.25) is 0 Å². The molecular weight excluding hydrogens is 495 g/mol. The van der Waals surface area contributed by atoms with Crippen molar-refractivity contribution in [1.82, 2.24) is 0 Å². The number of rotatable bonds is 3. The van der Waals surface area contributed by atoms with E-state index in [2.05, 4.69) is 122 Å². The first-order chi connectivity index (χ1) is 13.3. The molecule has 0 radical (unpaired) electrons. The summed E-state index contributed by atoms with van der Waals surface area (Å²) in [5, 5.41) is 4.70. The van der Waals surface area contributed by atoms with Crippen molar-refractivity contribution in [3.63, 3.8) is 0 Å². The van der Waals surface area contributed by atoms with Gasteiger partial charge in [-0.1, -0.05) is 0 Å². The molecule has 31 heavy (non-hydrogen) atoms. The van der Waals surface area contributed by atoms with Crippen LogP contribution in [0.5, 0.6) is 0 Å². The Kier molecular flexibility index (Phi) is 9.91. The van der Waals surface area contributed by atoms with E-state index in [0.29, 0.717) is 0 Å². The van der Waals surface area contributed by atoms with Gasteiger partial charge in [-0.05, 0) is 0 Å². The number of hydrogen-bond donors (Lipinski definition) is 0. The van der Waals surface area contributed by atoms with Crippen molar-refractivity contribution in [3.8, 4) is 0 Å². The van der Waals surface area contributed by atoms with Gasteiger partial charge in [-0.3, -0.25) is 0 Å². The van der Waals surface area contributed by atoms with Crippen LogP contribution in [0.2, 0.25) is 0 Å². The van der Waals surface area contributed by atoms with E-state index >= 15 is 0 Å². The molecule has 1 unspecified atom stereocenters. The number of allylic oxidation sites excluding steroid dienone is 1. The van der Waals surface area contributed by atoms with Gasteiger partial charge >= 0.3 is 183 Å². The first-order valence-corrected chi connectivity index (χ1v) is 12.5. The summed E-state index contributed by atoms with van der Waals surface area (Å²) in [7, 11) is -1.57. The van der Waals surface area contributed by atoms with E-state index in [1.54, 1.807) is 5.20 Å². The molecular formula is C26H27Cl3SiTi. The second kappa shape index (κ2) is 10.9. The van der Waals surface area contributed by atoms with E-state index in [0.717, 1.165) is 0 Å². The summed E-state index contributed by atoms with van der Waals surface area (Å²) in [5.41, 5.74) is 8.33. The van der Waals surface area contributed by atoms with Gasteiger partial charge in [-0.15, -0.1) is 0 Å². The monoisotopic (exact) mass is 520 g/mol. The third-order valence-corrected chi connectivity index (χ3v) is 10.5. The summed E-state index contributed by atoms with van der Waals surface area (Å²) in [5.74, 6) is 0. The van der Waals surface area contributed by atoms with Crippen LogP contribution in [0.1, 0.15) is 40.3 Å². The maximum absolute atomic E-state index is 2.50. The average Bonchev–Trinajstić information content (AvgIpc) is 2.85. The molecule has 0 spiro atoms. The van der Waals surface area contributed by atoms with Crippen LogP contribution in [-0.4, -0.2) is 8.80 Å². The molecule has 3 aromatic carbocycles. The van der Waals surface area contributed by atoms with Crippen LogP contribution in [0.4, 0.5) is 0 Å². The number of fused-ring (bicyclic) bond motifs is 1. The number of hydrogen-bond acceptors (Lipinski definition) is 0. The molecule has 3 aromatic rings. The van der Waals surface area contributed by atoms with E-state index in [9.17, 15) is 0 Å². The topological polar surface area (TPSA) is 0 Å². The van der Waals surface area contributed by atoms with E-state index in [-0.39, 0.29) is 40.9 Å². The standard InChI is InChI=1S/C26H27Si.3ClH.Ti/c1-17-10-18(2)13-23(12-17)27(24-14-19(3)11-20(4)15-24)26-16-22-8-6-7-9-25(22)21(26)5;;;;/h6-16,27H,1-5H3;3*1H;/q;;;;+3/p-3. The first-order valence-electron chi connectivity index (χ1n) is 9.98. The summed E-state index contributed by atoms with van der Waals surface area (Å²) in [4.78, 5) is 0. The van der Waals surface area contributed by atoms with E-state index < -0.39 is 8.80 Å². The van der Waals surface area contributed by atoms with Crippen LogP contribution >= 0.6 is 0 Å². The van der Waals surface area contributed by atoms with Gasteiger partial charge in [0.1, 0.15) is 0 Å². The normalized spacial score (nSPS) is 16.6. The van der Waals surface area contributed by atoms with Crippen molar-refractivity contribution in [1.29, 1.82) is 0 Å². The van der Waals surface area contributed by atoms with Crippen molar-refractivity contribution < 1.29 is 57.7 Å². The molecule has 1 aliphatic carbocycles. The molecule has 1 aliphatic rings. The largest absolute Gasteiger partial charge is 1.00 e. The van der Waals surface area contributed by atoms with Gasteiger partial charge in [0.25, 0.3) is 0 Å². The second-order valence-corrected chi connectivity index (χ2v) is 13.0. The summed E-state index contributed by atoms with van der Waals surface area (Å²) >= 11 is 2.41. The first kappa shape index (κ1) is 28.2. The Labute approximate surface area is 219 Å². The van der Waals surface area contributed by atoms with Crippen LogP contribution in [0.25, 0.3) is 6.08 Å². The molecule has 0 amide bonds. The minimum Gasteiger partial charge on any atom is -1.00 e. The molecule has 4 rings (SSSR count). The van der Waals surface area contributed by atoms with Gasteiger partial charge < -0.3 is 37.2 Å². The Morgan fingerprint density at radius 1 is 0.677 bits per heavy atom. The van der Waals surface area contributed by atoms with Crippen LogP contribution in [-0.2, 0) is 24.2 Å². The summed E-state index contributed by atoms with van der Waals surface area (Å²) < 4.78 is 0.0722. The van der Waals surface area contributed by atoms with Crippen molar-refractivity contribution in [2.75, 3.05) is 0 Å². The second-order valence-electron chi connectivity index (χ2n) is 8.59. The third-order valence-electron chi connectivity index (χ3n) is 5.85. The molecule has 160 valence electrons. The smallest absolute Gasteiger partial charge is 1.00 e.